The molecule has 0 fully saturated rings. The number of rotatable bonds is 17. The molecule has 1 N–H and O–H groups in total. The lowest BCUT2D eigenvalue weighted by Crippen LogP contribution is -2.53. The lowest BCUT2D eigenvalue weighted by atomic mass is 10.0. The van der Waals surface area contributed by atoms with Crippen LogP contribution in [-0.4, -0.2) is 48.2 Å². The number of hydrogen-bond donors (Lipinski definition) is 1. The fourth-order valence-electron chi connectivity index (χ4n) is 4.69. The summed E-state index contributed by atoms with van der Waals surface area (Å²) in [6, 6.07) is 10.8. The Balaban J connectivity index is 1.63. The van der Waals surface area contributed by atoms with Crippen molar-refractivity contribution < 1.29 is 9.59 Å². The molecular formula is C26H45N2O+. The summed E-state index contributed by atoms with van der Waals surface area (Å²) < 4.78 is 0.920. The molecule has 0 bridgehead atoms. The monoisotopic (exact) mass is 401 g/mol. The number of aliphatic hydroxyl groups is 1. The number of quaternary nitrogens is 1. The molecule has 0 saturated heterocycles. The Morgan fingerprint density at radius 2 is 1.41 bits per heavy atom. The largest absolute Gasteiger partial charge is 0.390 e. The molecule has 1 atom stereocenters. The highest BCUT2D eigenvalue weighted by molar-refractivity contribution is 5.76. The molecule has 3 nitrogen and oxygen atoms in total. The minimum atomic E-state index is 0.256. The Labute approximate surface area is 179 Å². The highest BCUT2D eigenvalue weighted by atomic mass is 16.3. The maximum absolute atomic E-state index is 9.70. The van der Waals surface area contributed by atoms with Gasteiger partial charge in [-0.2, -0.15) is 0 Å². The standard InChI is InChI=1S/C26H45N2O/c1-2-3-4-5-6-7-8-9-10-11-15-18-26-27-20-22-28(26,23-24-29)21-19-25-16-13-12-14-17-25/h12-14,16-17,29H,2-11,15,18-24H2,1H3/q+1. The van der Waals surface area contributed by atoms with Crippen LogP contribution in [0, 0.1) is 0 Å². The van der Waals surface area contributed by atoms with Crippen LogP contribution in [0.25, 0.3) is 0 Å². The predicted octanol–water partition coefficient (Wildman–Crippen LogP) is 6.15. The van der Waals surface area contributed by atoms with E-state index >= 15 is 0 Å². The minimum Gasteiger partial charge on any atom is -0.390 e. The van der Waals surface area contributed by atoms with E-state index in [4.69, 9.17) is 4.99 Å². The number of benzene rings is 1. The van der Waals surface area contributed by atoms with Gasteiger partial charge in [0.1, 0.15) is 13.1 Å². The summed E-state index contributed by atoms with van der Waals surface area (Å²) in [6.07, 6.45) is 17.4. The van der Waals surface area contributed by atoms with Gasteiger partial charge in [0.05, 0.1) is 19.7 Å². The lowest BCUT2D eigenvalue weighted by Gasteiger charge is -2.34. The van der Waals surface area contributed by atoms with Crippen LogP contribution in [0.3, 0.4) is 0 Å². The molecule has 3 heteroatoms. The smallest absolute Gasteiger partial charge is 0.198 e. The first-order valence-electron chi connectivity index (χ1n) is 12.4. The van der Waals surface area contributed by atoms with Gasteiger partial charge in [0, 0.05) is 12.8 Å². The molecule has 164 valence electrons. The topological polar surface area (TPSA) is 32.6 Å². The van der Waals surface area contributed by atoms with E-state index in [1.54, 1.807) is 0 Å². The first kappa shape index (κ1) is 24.1. The van der Waals surface area contributed by atoms with Crippen molar-refractivity contribution in [2.75, 3.05) is 32.8 Å². The second kappa shape index (κ2) is 14.7. The molecule has 0 saturated carbocycles. The Bertz CT molecular complexity index is 557. The first-order chi connectivity index (χ1) is 14.3. The molecule has 1 heterocycles. The van der Waals surface area contributed by atoms with Crippen molar-refractivity contribution in [3.8, 4) is 0 Å². The van der Waals surface area contributed by atoms with Gasteiger partial charge in [-0.05, 0) is 12.0 Å². The highest BCUT2D eigenvalue weighted by Gasteiger charge is 2.36. The number of hydrogen-bond acceptors (Lipinski definition) is 2. The van der Waals surface area contributed by atoms with E-state index in [9.17, 15) is 5.11 Å². The third kappa shape index (κ3) is 9.00. The lowest BCUT2D eigenvalue weighted by molar-refractivity contribution is -0.836. The van der Waals surface area contributed by atoms with Gasteiger partial charge in [0.15, 0.2) is 5.84 Å². The molecule has 0 amide bonds. The van der Waals surface area contributed by atoms with E-state index in [0.29, 0.717) is 0 Å². The van der Waals surface area contributed by atoms with Gasteiger partial charge < -0.3 is 5.11 Å². The minimum absolute atomic E-state index is 0.256. The van der Waals surface area contributed by atoms with Crippen LogP contribution >= 0.6 is 0 Å². The summed E-state index contributed by atoms with van der Waals surface area (Å²) in [5.41, 5.74) is 1.39. The van der Waals surface area contributed by atoms with Gasteiger partial charge >= 0.3 is 0 Å². The van der Waals surface area contributed by atoms with Crippen molar-refractivity contribution in [1.82, 2.24) is 0 Å². The zero-order valence-electron chi connectivity index (χ0n) is 19.0. The van der Waals surface area contributed by atoms with Crippen LogP contribution < -0.4 is 0 Å². The normalized spacial score (nSPS) is 18.9. The number of unbranched alkanes of at least 4 members (excludes halogenated alkanes) is 10. The van der Waals surface area contributed by atoms with Gasteiger partial charge in [-0.25, -0.2) is 4.99 Å². The fraction of sp³-hybridized carbons (Fsp3) is 0.731. The third-order valence-corrected chi connectivity index (χ3v) is 6.57. The molecule has 1 aliphatic rings. The van der Waals surface area contributed by atoms with E-state index in [2.05, 4.69) is 37.3 Å². The van der Waals surface area contributed by atoms with Gasteiger partial charge in [0.2, 0.25) is 0 Å². The summed E-state index contributed by atoms with van der Waals surface area (Å²) in [7, 11) is 0. The summed E-state index contributed by atoms with van der Waals surface area (Å²) in [5, 5.41) is 9.70. The molecule has 0 radical (unpaired) electrons. The summed E-state index contributed by atoms with van der Waals surface area (Å²) in [4.78, 5) is 4.88. The maximum atomic E-state index is 9.70. The number of nitrogens with zero attached hydrogens (tertiary/aromatic N) is 2. The van der Waals surface area contributed by atoms with Crippen LogP contribution in [0.1, 0.15) is 89.5 Å². The summed E-state index contributed by atoms with van der Waals surface area (Å²) in [5.74, 6) is 1.35. The van der Waals surface area contributed by atoms with E-state index in [-0.39, 0.29) is 6.61 Å². The Kier molecular flexibility index (Phi) is 12.2. The van der Waals surface area contributed by atoms with Crippen LogP contribution in [0.5, 0.6) is 0 Å². The van der Waals surface area contributed by atoms with E-state index in [1.807, 2.05) is 0 Å². The Hall–Kier alpha value is -1.19. The van der Waals surface area contributed by atoms with Crippen LogP contribution in [0.15, 0.2) is 35.3 Å². The van der Waals surface area contributed by atoms with Crippen molar-refractivity contribution in [1.29, 1.82) is 0 Å². The second-order valence-corrected chi connectivity index (χ2v) is 8.86. The van der Waals surface area contributed by atoms with Crippen LogP contribution in [0.4, 0.5) is 0 Å². The number of amidine groups is 1. The van der Waals surface area contributed by atoms with Gasteiger partial charge in [0.25, 0.3) is 0 Å². The average Bonchev–Trinajstić information content (AvgIpc) is 3.14. The Morgan fingerprint density at radius 1 is 0.793 bits per heavy atom. The highest BCUT2D eigenvalue weighted by Crippen LogP contribution is 2.21. The van der Waals surface area contributed by atoms with Crippen molar-refractivity contribution in [2.24, 2.45) is 4.99 Å². The zero-order chi connectivity index (χ0) is 20.6. The average molecular weight is 402 g/mol. The molecular weight excluding hydrogens is 356 g/mol. The molecule has 0 spiro atoms. The summed E-state index contributed by atoms with van der Waals surface area (Å²) >= 11 is 0. The molecule has 2 rings (SSSR count). The molecule has 1 aromatic carbocycles. The van der Waals surface area contributed by atoms with Gasteiger partial charge in [-0.3, -0.25) is 4.48 Å². The molecule has 1 aliphatic heterocycles. The maximum Gasteiger partial charge on any atom is 0.198 e. The Morgan fingerprint density at radius 3 is 2.03 bits per heavy atom. The molecule has 29 heavy (non-hydrogen) atoms. The van der Waals surface area contributed by atoms with Crippen molar-refractivity contribution in [3.63, 3.8) is 0 Å². The van der Waals surface area contributed by atoms with Crippen LogP contribution in [-0.2, 0) is 6.42 Å². The van der Waals surface area contributed by atoms with Gasteiger partial charge in [-0.1, -0.05) is 101 Å². The van der Waals surface area contributed by atoms with Crippen LogP contribution in [0.2, 0.25) is 0 Å². The predicted molar refractivity (Wildman–Crippen MR) is 125 cm³/mol. The van der Waals surface area contributed by atoms with E-state index in [0.717, 1.165) is 43.5 Å². The second-order valence-electron chi connectivity index (χ2n) is 8.86. The van der Waals surface area contributed by atoms with Gasteiger partial charge in [-0.15, -0.1) is 0 Å². The molecule has 0 aromatic heterocycles. The van der Waals surface area contributed by atoms with Crippen molar-refractivity contribution >= 4 is 5.84 Å². The quantitative estimate of drug-likeness (QED) is 0.246. The molecule has 1 aromatic rings. The third-order valence-electron chi connectivity index (χ3n) is 6.57. The van der Waals surface area contributed by atoms with Crippen molar-refractivity contribution in [2.45, 2.75) is 90.4 Å². The number of aliphatic imine (C=N–C) groups is 1. The van der Waals surface area contributed by atoms with E-state index < -0.39 is 0 Å². The van der Waals surface area contributed by atoms with E-state index in [1.165, 1.54) is 82.0 Å². The number of aliphatic hydroxyl groups excluding tert-OH is 1. The zero-order valence-corrected chi connectivity index (χ0v) is 19.0. The SMILES string of the molecule is CCCCCCCCCCCCCC1=NCC[N+]1(CCO)CCc1ccccc1. The molecule has 0 aliphatic carbocycles. The summed E-state index contributed by atoms with van der Waals surface area (Å²) in [6.45, 7) is 6.44. The fourth-order valence-corrected chi connectivity index (χ4v) is 4.69. The first-order valence-corrected chi connectivity index (χ1v) is 12.4. The van der Waals surface area contributed by atoms with Crippen molar-refractivity contribution in [3.05, 3.63) is 35.9 Å². The molecule has 1 unspecified atom stereocenters.